The Labute approximate surface area is 115 Å². The van der Waals surface area contributed by atoms with Gasteiger partial charge >= 0.3 is 0 Å². The lowest BCUT2D eigenvalue weighted by Gasteiger charge is -2.45. The Bertz CT molecular complexity index is 407. The maximum absolute atomic E-state index is 6.25. The van der Waals surface area contributed by atoms with Gasteiger partial charge in [-0.1, -0.05) is 36.7 Å². The molecule has 0 amide bonds. The summed E-state index contributed by atoms with van der Waals surface area (Å²) in [4.78, 5) is 2.53. The fourth-order valence-corrected chi connectivity index (χ4v) is 2.67. The molecule has 18 heavy (non-hydrogen) atoms. The minimum atomic E-state index is 0.230. The first-order chi connectivity index (χ1) is 8.54. The van der Waals surface area contributed by atoms with Crippen molar-refractivity contribution in [1.82, 2.24) is 10.2 Å². The van der Waals surface area contributed by atoms with Gasteiger partial charge in [0, 0.05) is 36.2 Å². The van der Waals surface area contributed by atoms with Crippen molar-refractivity contribution >= 4 is 11.6 Å². The van der Waals surface area contributed by atoms with Crippen LogP contribution in [0.25, 0.3) is 0 Å². The van der Waals surface area contributed by atoms with Gasteiger partial charge < -0.3 is 5.32 Å². The Morgan fingerprint density at radius 3 is 2.83 bits per heavy atom. The third kappa shape index (κ3) is 3.05. The van der Waals surface area contributed by atoms with Crippen LogP contribution in [0, 0.1) is 0 Å². The molecule has 1 aliphatic heterocycles. The molecule has 0 radical (unpaired) electrons. The van der Waals surface area contributed by atoms with Crippen molar-refractivity contribution in [2.24, 2.45) is 0 Å². The topological polar surface area (TPSA) is 15.3 Å². The Hall–Kier alpha value is -0.570. The normalized spacial score (nSPS) is 29.4. The van der Waals surface area contributed by atoms with E-state index in [0.717, 1.165) is 31.1 Å². The SMILES string of the molecule is CCC1(C)CN(Cc2ccccc2Cl)C(C)CN1. The van der Waals surface area contributed by atoms with Crippen LogP contribution in [0.4, 0.5) is 0 Å². The highest BCUT2D eigenvalue weighted by molar-refractivity contribution is 6.31. The number of nitrogens with zero attached hydrogens (tertiary/aromatic N) is 1. The van der Waals surface area contributed by atoms with E-state index in [4.69, 9.17) is 11.6 Å². The summed E-state index contributed by atoms with van der Waals surface area (Å²) in [6.07, 6.45) is 1.15. The van der Waals surface area contributed by atoms with Gasteiger partial charge in [-0.15, -0.1) is 0 Å². The van der Waals surface area contributed by atoms with E-state index in [9.17, 15) is 0 Å². The second-order valence-electron chi connectivity index (χ2n) is 5.64. The lowest BCUT2D eigenvalue weighted by Crippen LogP contribution is -2.61. The molecule has 2 atom stereocenters. The molecule has 0 aromatic heterocycles. The van der Waals surface area contributed by atoms with Gasteiger partial charge in [-0.05, 0) is 31.9 Å². The average molecular weight is 267 g/mol. The molecule has 2 unspecified atom stereocenters. The van der Waals surface area contributed by atoms with E-state index in [1.54, 1.807) is 0 Å². The predicted molar refractivity (Wildman–Crippen MR) is 78.0 cm³/mol. The summed E-state index contributed by atoms with van der Waals surface area (Å²) in [6, 6.07) is 8.71. The van der Waals surface area contributed by atoms with Gasteiger partial charge in [0.15, 0.2) is 0 Å². The maximum atomic E-state index is 6.25. The molecule has 0 aliphatic carbocycles. The third-order valence-electron chi connectivity index (χ3n) is 4.11. The molecular formula is C15H23ClN2. The Kier molecular flexibility index (Phi) is 4.31. The molecular weight excluding hydrogens is 244 g/mol. The van der Waals surface area contributed by atoms with Crippen LogP contribution in [-0.4, -0.2) is 29.6 Å². The second kappa shape index (κ2) is 5.60. The Balaban J connectivity index is 2.10. The summed E-state index contributed by atoms with van der Waals surface area (Å²) in [5.41, 5.74) is 1.46. The van der Waals surface area contributed by atoms with Gasteiger partial charge in [0.2, 0.25) is 0 Å². The lowest BCUT2D eigenvalue weighted by atomic mass is 9.93. The van der Waals surface area contributed by atoms with Gasteiger partial charge in [-0.3, -0.25) is 4.90 Å². The van der Waals surface area contributed by atoms with Gasteiger partial charge in [-0.25, -0.2) is 0 Å². The highest BCUT2D eigenvalue weighted by Crippen LogP contribution is 2.23. The minimum absolute atomic E-state index is 0.230. The van der Waals surface area contributed by atoms with Gasteiger partial charge in [0.05, 0.1) is 0 Å². The molecule has 0 bridgehead atoms. The van der Waals surface area contributed by atoms with Gasteiger partial charge in [0.25, 0.3) is 0 Å². The standard InChI is InChI=1S/C15H23ClN2/c1-4-15(3)11-18(12(2)9-17-15)10-13-7-5-6-8-14(13)16/h5-8,12,17H,4,9-11H2,1-3H3. The van der Waals surface area contributed by atoms with Crippen molar-refractivity contribution in [1.29, 1.82) is 0 Å². The molecule has 0 saturated carbocycles. The number of hydrogen-bond acceptors (Lipinski definition) is 2. The van der Waals surface area contributed by atoms with Crippen molar-refractivity contribution in [2.75, 3.05) is 13.1 Å². The molecule has 1 saturated heterocycles. The van der Waals surface area contributed by atoms with E-state index >= 15 is 0 Å². The third-order valence-corrected chi connectivity index (χ3v) is 4.48. The molecule has 3 heteroatoms. The van der Waals surface area contributed by atoms with Crippen LogP contribution in [0.2, 0.25) is 5.02 Å². The number of benzene rings is 1. The van der Waals surface area contributed by atoms with Crippen LogP contribution >= 0.6 is 11.6 Å². The zero-order chi connectivity index (χ0) is 13.2. The fourth-order valence-electron chi connectivity index (χ4n) is 2.48. The maximum Gasteiger partial charge on any atom is 0.0451 e. The number of hydrogen-bond donors (Lipinski definition) is 1. The molecule has 1 aromatic carbocycles. The Morgan fingerprint density at radius 2 is 2.17 bits per heavy atom. The van der Waals surface area contributed by atoms with E-state index in [1.807, 2.05) is 12.1 Å². The monoisotopic (exact) mass is 266 g/mol. The average Bonchev–Trinajstić information content (AvgIpc) is 2.37. The van der Waals surface area contributed by atoms with Crippen molar-refractivity contribution in [3.63, 3.8) is 0 Å². The summed E-state index contributed by atoms with van der Waals surface area (Å²) in [5, 5.41) is 4.53. The molecule has 100 valence electrons. The minimum Gasteiger partial charge on any atom is -0.309 e. The zero-order valence-electron chi connectivity index (χ0n) is 11.5. The first-order valence-electron chi connectivity index (χ1n) is 6.76. The largest absolute Gasteiger partial charge is 0.309 e. The van der Waals surface area contributed by atoms with E-state index in [0.29, 0.717) is 6.04 Å². The van der Waals surface area contributed by atoms with Crippen LogP contribution in [0.5, 0.6) is 0 Å². The van der Waals surface area contributed by atoms with Crippen LogP contribution in [0.1, 0.15) is 32.8 Å². The summed E-state index contributed by atoms with van der Waals surface area (Å²) in [6.45, 7) is 9.90. The zero-order valence-corrected chi connectivity index (χ0v) is 12.3. The Morgan fingerprint density at radius 1 is 1.44 bits per heavy atom. The first-order valence-corrected chi connectivity index (χ1v) is 7.14. The van der Waals surface area contributed by atoms with Crippen LogP contribution in [-0.2, 0) is 6.54 Å². The van der Waals surface area contributed by atoms with Crippen molar-refractivity contribution in [3.8, 4) is 0 Å². The molecule has 1 aliphatic rings. The van der Waals surface area contributed by atoms with Crippen LogP contribution in [0.3, 0.4) is 0 Å². The molecule has 1 N–H and O–H groups in total. The van der Waals surface area contributed by atoms with Crippen LogP contribution < -0.4 is 5.32 Å². The van der Waals surface area contributed by atoms with Gasteiger partial charge in [0.1, 0.15) is 0 Å². The van der Waals surface area contributed by atoms with Gasteiger partial charge in [-0.2, -0.15) is 0 Å². The number of piperazine rings is 1. The number of nitrogens with one attached hydrogen (secondary N) is 1. The van der Waals surface area contributed by atoms with E-state index < -0.39 is 0 Å². The molecule has 2 nitrogen and oxygen atoms in total. The fraction of sp³-hybridized carbons (Fsp3) is 0.600. The summed E-state index contributed by atoms with van der Waals surface area (Å²) < 4.78 is 0. The van der Waals surface area contributed by atoms with E-state index in [-0.39, 0.29) is 5.54 Å². The molecule has 0 spiro atoms. The highest BCUT2D eigenvalue weighted by atomic mass is 35.5. The smallest absolute Gasteiger partial charge is 0.0451 e. The molecule has 1 heterocycles. The molecule has 2 rings (SSSR count). The first kappa shape index (κ1) is 13.9. The van der Waals surface area contributed by atoms with E-state index in [2.05, 4.69) is 43.1 Å². The second-order valence-corrected chi connectivity index (χ2v) is 6.05. The number of halogens is 1. The molecule has 1 fully saturated rings. The molecule has 1 aromatic rings. The number of rotatable bonds is 3. The quantitative estimate of drug-likeness (QED) is 0.903. The summed E-state index contributed by atoms with van der Waals surface area (Å²) >= 11 is 6.25. The van der Waals surface area contributed by atoms with Crippen molar-refractivity contribution < 1.29 is 0 Å². The van der Waals surface area contributed by atoms with Crippen molar-refractivity contribution in [2.45, 2.75) is 45.3 Å². The van der Waals surface area contributed by atoms with E-state index in [1.165, 1.54) is 5.56 Å². The summed E-state index contributed by atoms with van der Waals surface area (Å²) in [5.74, 6) is 0. The highest BCUT2D eigenvalue weighted by Gasteiger charge is 2.32. The summed E-state index contributed by atoms with van der Waals surface area (Å²) in [7, 11) is 0. The van der Waals surface area contributed by atoms with Crippen LogP contribution in [0.15, 0.2) is 24.3 Å². The lowest BCUT2D eigenvalue weighted by molar-refractivity contribution is 0.0866. The predicted octanol–water partition coefficient (Wildman–Crippen LogP) is 3.30. The van der Waals surface area contributed by atoms with Crippen molar-refractivity contribution in [3.05, 3.63) is 34.9 Å².